The zero-order valence-electron chi connectivity index (χ0n) is 15.4. The van der Waals surface area contributed by atoms with Gasteiger partial charge in [-0.25, -0.2) is 4.79 Å². The van der Waals surface area contributed by atoms with Crippen molar-refractivity contribution in [1.82, 2.24) is 10.3 Å². The fourth-order valence-electron chi connectivity index (χ4n) is 1.91. The maximum Gasteiger partial charge on any atom is 0.326 e. The van der Waals surface area contributed by atoms with Gasteiger partial charge in [0.15, 0.2) is 0 Å². The number of nitrogens with one attached hydrogen (secondary N) is 1. The molecule has 1 rings (SSSR count). The van der Waals surface area contributed by atoms with Crippen molar-refractivity contribution in [1.29, 1.82) is 0 Å². The predicted octanol–water partition coefficient (Wildman–Crippen LogP) is -0.943. The lowest BCUT2D eigenvalue weighted by Gasteiger charge is -2.14. The van der Waals surface area contributed by atoms with E-state index in [9.17, 15) is 19.2 Å². The van der Waals surface area contributed by atoms with Crippen LogP contribution in [0.2, 0.25) is 0 Å². The van der Waals surface area contributed by atoms with E-state index in [1.54, 1.807) is 18.3 Å². The van der Waals surface area contributed by atoms with Gasteiger partial charge in [-0.3, -0.25) is 19.4 Å². The Morgan fingerprint density at radius 1 is 1.14 bits per heavy atom. The van der Waals surface area contributed by atoms with Crippen LogP contribution in [0, 0.1) is 0 Å². The third-order valence-electron chi connectivity index (χ3n) is 3.51. The first-order chi connectivity index (χ1) is 13.2. The van der Waals surface area contributed by atoms with E-state index in [2.05, 4.69) is 10.3 Å². The number of carbonyl (C=O) groups excluding carboxylic acids is 2. The number of carboxylic acids is 2. The fourth-order valence-corrected chi connectivity index (χ4v) is 1.91. The predicted molar refractivity (Wildman–Crippen MR) is 100 cm³/mol. The molecule has 11 nitrogen and oxygen atoms in total. The molecule has 156 valence electrons. The first-order valence-electron chi connectivity index (χ1n) is 8.59. The summed E-state index contributed by atoms with van der Waals surface area (Å²) in [6, 6.07) is 1.49. The summed E-state index contributed by atoms with van der Waals surface area (Å²) in [5.41, 5.74) is 15.6. The highest BCUT2D eigenvalue weighted by atomic mass is 16.4. The molecule has 9 N–H and O–H groups in total. The number of hydrogen-bond acceptors (Lipinski definition) is 7. The van der Waals surface area contributed by atoms with Crippen molar-refractivity contribution in [3.05, 3.63) is 30.1 Å². The van der Waals surface area contributed by atoms with Gasteiger partial charge in [-0.05, 0) is 44.4 Å². The molecular formula is C17H27N5O6. The first kappa shape index (κ1) is 24.9. The minimum atomic E-state index is -1.04. The summed E-state index contributed by atoms with van der Waals surface area (Å²) in [6.07, 6.45) is 4.71. The molecule has 0 bridgehead atoms. The Labute approximate surface area is 162 Å². The van der Waals surface area contributed by atoms with Gasteiger partial charge in [-0.1, -0.05) is 0 Å². The maximum absolute atomic E-state index is 11.8. The number of hydrogen-bond donors (Lipinski definition) is 6. The van der Waals surface area contributed by atoms with Crippen LogP contribution in [0.15, 0.2) is 24.5 Å². The molecule has 2 atom stereocenters. The monoisotopic (exact) mass is 397 g/mol. The molecule has 0 saturated heterocycles. The summed E-state index contributed by atoms with van der Waals surface area (Å²) in [6.45, 7) is 0.517. The summed E-state index contributed by atoms with van der Waals surface area (Å²) >= 11 is 0. The second kappa shape index (κ2) is 14.1. The van der Waals surface area contributed by atoms with Crippen LogP contribution in [0.5, 0.6) is 0 Å². The van der Waals surface area contributed by atoms with Crippen molar-refractivity contribution in [3.8, 4) is 0 Å². The summed E-state index contributed by atoms with van der Waals surface area (Å²) in [7, 11) is 0. The summed E-state index contributed by atoms with van der Waals surface area (Å²) in [5.74, 6) is -3.11. The number of aromatic nitrogens is 1. The van der Waals surface area contributed by atoms with E-state index in [0.29, 0.717) is 24.9 Å². The molecule has 0 saturated carbocycles. The normalized spacial score (nSPS) is 12.1. The second-order valence-electron chi connectivity index (χ2n) is 5.83. The Bertz CT molecular complexity index is 640. The van der Waals surface area contributed by atoms with Crippen molar-refractivity contribution in [2.45, 2.75) is 44.2 Å². The Morgan fingerprint density at radius 2 is 1.82 bits per heavy atom. The van der Waals surface area contributed by atoms with Crippen molar-refractivity contribution < 1.29 is 29.4 Å². The topological polar surface area (TPSA) is 212 Å². The quantitative estimate of drug-likeness (QED) is 0.254. The van der Waals surface area contributed by atoms with Gasteiger partial charge in [0.2, 0.25) is 5.91 Å². The Morgan fingerprint density at radius 3 is 2.29 bits per heavy atom. The number of unbranched alkanes of at least 4 members (excludes halogenated alkanes) is 1. The summed E-state index contributed by atoms with van der Waals surface area (Å²) in [4.78, 5) is 46.7. The molecule has 0 fully saturated rings. The third kappa shape index (κ3) is 11.5. The Kier molecular flexibility index (Phi) is 12.5. The van der Waals surface area contributed by atoms with Gasteiger partial charge in [0.05, 0.1) is 11.6 Å². The second-order valence-corrected chi connectivity index (χ2v) is 5.83. The van der Waals surface area contributed by atoms with Gasteiger partial charge in [0.25, 0.3) is 5.91 Å². The Hall–Kier alpha value is -3.05. The number of carboxylic acid groups (broad SMARTS) is 2. The van der Waals surface area contributed by atoms with Crippen LogP contribution in [0.25, 0.3) is 0 Å². The van der Waals surface area contributed by atoms with Crippen LogP contribution in [-0.4, -0.2) is 57.6 Å². The maximum atomic E-state index is 11.8. The lowest BCUT2D eigenvalue weighted by atomic mass is 10.1. The minimum absolute atomic E-state index is 0.102. The van der Waals surface area contributed by atoms with Crippen molar-refractivity contribution in [3.63, 3.8) is 0 Å². The molecule has 11 heteroatoms. The highest BCUT2D eigenvalue weighted by Gasteiger charge is 2.20. The summed E-state index contributed by atoms with van der Waals surface area (Å²) < 4.78 is 0. The molecule has 1 heterocycles. The number of aliphatic carboxylic acids is 2. The average Bonchev–Trinajstić information content (AvgIpc) is 2.66. The van der Waals surface area contributed by atoms with Crippen LogP contribution in [-0.2, 0) is 14.4 Å². The molecule has 28 heavy (non-hydrogen) atoms. The molecule has 1 aromatic rings. The van der Waals surface area contributed by atoms with Crippen molar-refractivity contribution >= 4 is 23.8 Å². The molecule has 0 unspecified atom stereocenters. The lowest BCUT2D eigenvalue weighted by Crippen LogP contribution is -2.40. The van der Waals surface area contributed by atoms with Gasteiger partial charge >= 0.3 is 11.9 Å². The molecule has 0 aliphatic rings. The van der Waals surface area contributed by atoms with E-state index in [0.717, 1.165) is 6.42 Å². The lowest BCUT2D eigenvalue weighted by molar-refractivity contribution is -0.139. The minimum Gasteiger partial charge on any atom is -0.481 e. The number of pyridine rings is 1. The van der Waals surface area contributed by atoms with Gasteiger partial charge in [0.1, 0.15) is 6.04 Å². The zero-order chi connectivity index (χ0) is 21.5. The van der Waals surface area contributed by atoms with Crippen LogP contribution in [0.1, 0.15) is 42.5 Å². The first-order valence-corrected chi connectivity index (χ1v) is 8.59. The van der Waals surface area contributed by atoms with E-state index in [-0.39, 0.29) is 12.8 Å². The number of primary amides is 1. The molecule has 0 spiro atoms. The number of rotatable bonds is 11. The zero-order valence-corrected chi connectivity index (χ0v) is 15.4. The Balaban J connectivity index is 0.000000621. The van der Waals surface area contributed by atoms with Gasteiger partial charge in [0, 0.05) is 18.8 Å². The highest BCUT2D eigenvalue weighted by molar-refractivity contribution is 5.96. The molecule has 0 aliphatic carbocycles. The van der Waals surface area contributed by atoms with Crippen LogP contribution < -0.4 is 22.5 Å². The average molecular weight is 397 g/mol. The SMILES string of the molecule is NC(=O)[C@@H](N)CCC(=O)O.NCCCC[C@H](NC(=O)c1cccnc1)C(=O)O. The van der Waals surface area contributed by atoms with Crippen molar-refractivity contribution in [2.24, 2.45) is 17.2 Å². The number of carbonyl (C=O) groups is 4. The number of amides is 2. The molecule has 2 amide bonds. The number of nitrogens with zero attached hydrogens (tertiary/aromatic N) is 1. The third-order valence-corrected chi connectivity index (χ3v) is 3.51. The van der Waals surface area contributed by atoms with E-state index in [1.165, 1.54) is 6.20 Å². The fraction of sp³-hybridized carbons (Fsp3) is 0.471. The van der Waals surface area contributed by atoms with Gasteiger partial charge in [-0.2, -0.15) is 0 Å². The van der Waals surface area contributed by atoms with E-state index >= 15 is 0 Å². The van der Waals surface area contributed by atoms with Crippen molar-refractivity contribution in [2.75, 3.05) is 6.54 Å². The van der Waals surface area contributed by atoms with E-state index in [4.69, 9.17) is 27.4 Å². The van der Waals surface area contributed by atoms with Gasteiger partial charge in [-0.15, -0.1) is 0 Å². The largest absolute Gasteiger partial charge is 0.481 e. The molecule has 0 radical (unpaired) electrons. The molecule has 1 aromatic heterocycles. The van der Waals surface area contributed by atoms with Crippen LogP contribution >= 0.6 is 0 Å². The standard InChI is InChI=1S/C12H17N3O3.C5H10N2O3/c13-6-2-1-5-10(12(17)18)15-11(16)9-4-3-7-14-8-9;6-3(5(7)10)1-2-4(8)9/h3-4,7-8,10H,1-2,5-6,13H2,(H,15,16)(H,17,18);3H,1-2,6H2,(H2,7,10)(H,8,9)/t10-;3-/m00/s1. The number of nitrogens with two attached hydrogens (primary N) is 3. The smallest absolute Gasteiger partial charge is 0.326 e. The van der Waals surface area contributed by atoms with E-state index in [1.807, 2.05) is 0 Å². The van der Waals surface area contributed by atoms with Gasteiger partial charge < -0.3 is 32.7 Å². The highest BCUT2D eigenvalue weighted by Crippen LogP contribution is 2.03. The van der Waals surface area contributed by atoms with Crippen LogP contribution in [0.4, 0.5) is 0 Å². The molecule has 0 aliphatic heterocycles. The molecule has 0 aromatic carbocycles. The summed E-state index contributed by atoms with van der Waals surface area (Å²) in [5, 5.41) is 19.6. The van der Waals surface area contributed by atoms with E-state index < -0.39 is 35.8 Å². The van der Waals surface area contributed by atoms with Crippen LogP contribution in [0.3, 0.4) is 0 Å². The molecular weight excluding hydrogens is 370 g/mol.